The quantitative estimate of drug-likeness (QED) is 0.868. The first-order valence-corrected chi connectivity index (χ1v) is 8.44. The van der Waals surface area contributed by atoms with Gasteiger partial charge in [0.15, 0.2) is 0 Å². The van der Waals surface area contributed by atoms with E-state index in [1.807, 2.05) is 52.8 Å². The number of amides is 1. The summed E-state index contributed by atoms with van der Waals surface area (Å²) < 4.78 is 12.2. The predicted molar refractivity (Wildman–Crippen MR) is 92.0 cm³/mol. The Bertz CT molecular complexity index is 607. The van der Waals surface area contributed by atoms with Crippen LogP contribution in [0.3, 0.4) is 0 Å². The topological polar surface area (TPSA) is 47.6 Å². The van der Waals surface area contributed by atoms with Crippen LogP contribution in [0.4, 0.5) is 0 Å². The summed E-state index contributed by atoms with van der Waals surface area (Å²) in [7, 11) is -0.386. The second kappa shape index (κ2) is 5.64. The van der Waals surface area contributed by atoms with Crippen LogP contribution >= 0.6 is 0 Å². The van der Waals surface area contributed by atoms with E-state index < -0.39 is 0 Å². The Morgan fingerprint density at radius 3 is 2.35 bits per heavy atom. The molecule has 0 aromatic heterocycles. The lowest BCUT2D eigenvalue weighted by atomic mass is 9.76. The molecule has 23 heavy (non-hydrogen) atoms. The van der Waals surface area contributed by atoms with Crippen molar-refractivity contribution in [2.75, 3.05) is 6.54 Å². The number of carbonyl (C=O) groups excluding carboxylic acids is 1. The van der Waals surface area contributed by atoms with Gasteiger partial charge < -0.3 is 14.6 Å². The van der Waals surface area contributed by atoms with Gasteiger partial charge in [0.25, 0.3) is 5.91 Å². The number of aryl methyl sites for hydroxylation is 1. The maximum Gasteiger partial charge on any atom is 0.495 e. The van der Waals surface area contributed by atoms with Crippen molar-refractivity contribution < 1.29 is 14.1 Å². The molecule has 1 aliphatic heterocycles. The van der Waals surface area contributed by atoms with Gasteiger partial charge in [-0.15, -0.1) is 0 Å². The van der Waals surface area contributed by atoms with Gasteiger partial charge in [0.05, 0.1) is 11.2 Å². The number of nitrogens with one attached hydrogen (secondary N) is 1. The van der Waals surface area contributed by atoms with Crippen LogP contribution in [0.15, 0.2) is 18.2 Å². The second-order valence-corrected chi connectivity index (χ2v) is 7.81. The summed E-state index contributed by atoms with van der Waals surface area (Å²) in [6, 6.07) is 5.72. The standard InChI is InChI=1S/C18H26BNO3/c1-12-10-14(16(21)20-11-13-6-7-13)8-9-15(12)19-22-17(2,3)18(4,5)23-19/h8-10,13H,6-7,11H2,1-5H3,(H,20,21). The molecule has 0 radical (unpaired) electrons. The molecule has 1 aromatic rings. The molecule has 5 heteroatoms. The van der Waals surface area contributed by atoms with Gasteiger partial charge in [0.2, 0.25) is 0 Å². The molecule has 1 heterocycles. The van der Waals surface area contributed by atoms with Crippen LogP contribution in [0.5, 0.6) is 0 Å². The maximum absolute atomic E-state index is 12.2. The molecular weight excluding hydrogens is 289 g/mol. The fraction of sp³-hybridized carbons (Fsp3) is 0.611. The molecule has 3 rings (SSSR count). The van der Waals surface area contributed by atoms with Crippen LogP contribution in [0, 0.1) is 12.8 Å². The van der Waals surface area contributed by atoms with Crippen LogP contribution in [-0.2, 0) is 9.31 Å². The number of carbonyl (C=O) groups is 1. The van der Waals surface area contributed by atoms with E-state index in [1.165, 1.54) is 12.8 Å². The van der Waals surface area contributed by atoms with E-state index in [0.717, 1.165) is 17.6 Å². The lowest BCUT2D eigenvalue weighted by Crippen LogP contribution is -2.41. The van der Waals surface area contributed by atoms with Gasteiger partial charge in [-0.2, -0.15) is 0 Å². The summed E-state index contributed by atoms with van der Waals surface area (Å²) in [6.45, 7) is 11.0. The average Bonchev–Trinajstić information content (AvgIpc) is 3.23. The number of hydrogen-bond acceptors (Lipinski definition) is 3. The monoisotopic (exact) mass is 315 g/mol. The highest BCUT2D eigenvalue weighted by molar-refractivity contribution is 6.62. The molecule has 1 aliphatic carbocycles. The summed E-state index contributed by atoms with van der Waals surface area (Å²) in [5, 5.41) is 3.00. The lowest BCUT2D eigenvalue weighted by molar-refractivity contribution is 0.00578. The van der Waals surface area contributed by atoms with Crippen molar-refractivity contribution in [1.82, 2.24) is 5.32 Å². The normalized spacial score (nSPS) is 22.2. The predicted octanol–water partition coefficient (Wildman–Crippen LogP) is 2.43. The van der Waals surface area contributed by atoms with Gasteiger partial charge >= 0.3 is 7.12 Å². The van der Waals surface area contributed by atoms with E-state index in [2.05, 4.69) is 5.32 Å². The molecule has 4 nitrogen and oxygen atoms in total. The molecule has 124 valence electrons. The molecule has 1 amide bonds. The molecule has 1 N–H and O–H groups in total. The molecular formula is C18H26BNO3. The Labute approximate surface area is 139 Å². The molecule has 1 saturated heterocycles. The fourth-order valence-electron chi connectivity index (χ4n) is 2.71. The van der Waals surface area contributed by atoms with Gasteiger partial charge in [0, 0.05) is 12.1 Å². The van der Waals surface area contributed by atoms with Crippen LogP contribution in [0.2, 0.25) is 0 Å². The van der Waals surface area contributed by atoms with Gasteiger partial charge in [-0.25, -0.2) is 0 Å². The zero-order chi connectivity index (χ0) is 16.8. The summed E-state index contributed by atoms with van der Waals surface area (Å²) in [4.78, 5) is 12.2. The average molecular weight is 315 g/mol. The Morgan fingerprint density at radius 2 is 1.83 bits per heavy atom. The highest BCUT2D eigenvalue weighted by Crippen LogP contribution is 2.36. The van der Waals surface area contributed by atoms with E-state index in [0.29, 0.717) is 11.5 Å². The third-order valence-electron chi connectivity index (χ3n) is 5.29. The summed E-state index contributed by atoms with van der Waals surface area (Å²) in [6.07, 6.45) is 2.47. The molecule has 2 aliphatic rings. The first kappa shape index (κ1) is 16.5. The van der Waals surface area contributed by atoms with Crippen LogP contribution < -0.4 is 10.8 Å². The molecule has 0 bridgehead atoms. The van der Waals surface area contributed by atoms with E-state index in [1.54, 1.807) is 0 Å². The highest BCUT2D eigenvalue weighted by atomic mass is 16.7. The minimum absolute atomic E-state index is 0.000434. The Kier molecular flexibility index (Phi) is 4.05. The fourth-order valence-corrected chi connectivity index (χ4v) is 2.71. The summed E-state index contributed by atoms with van der Waals surface area (Å²) in [5.74, 6) is 0.685. The molecule has 1 aromatic carbocycles. The maximum atomic E-state index is 12.2. The minimum Gasteiger partial charge on any atom is -0.399 e. The van der Waals surface area contributed by atoms with E-state index in [4.69, 9.17) is 9.31 Å². The first-order chi connectivity index (χ1) is 10.7. The van der Waals surface area contributed by atoms with Crippen molar-refractivity contribution in [3.63, 3.8) is 0 Å². The zero-order valence-corrected chi connectivity index (χ0v) is 14.7. The third-order valence-corrected chi connectivity index (χ3v) is 5.29. The van der Waals surface area contributed by atoms with Gasteiger partial charge in [-0.3, -0.25) is 4.79 Å². The van der Waals surface area contributed by atoms with E-state index in [9.17, 15) is 4.79 Å². The third kappa shape index (κ3) is 3.31. The number of rotatable bonds is 4. The smallest absolute Gasteiger partial charge is 0.399 e. The highest BCUT2D eigenvalue weighted by Gasteiger charge is 2.52. The Morgan fingerprint density at radius 1 is 1.22 bits per heavy atom. The molecule has 0 unspecified atom stereocenters. The van der Waals surface area contributed by atoms with Crippen molar-refractivity contribution in [3.05, 3.63) is 29.3 Å². The van der Waals surface area contributed by atoms with Crippen molar-refractivity contribution >= 4 is 18.5 Å². The number of hydrogen-bond donors (Lipinski definition) is 1. The SMILES string of the molecule is Cc1cc(C(=O)NCC2CC2)ccc1B1OC(C)(C)C(C)(C)O1. The van der Waals surface area contributed by atoms with E-state index >= 15 is 0 Å². The minimum atomic E-state index is -0.386. The Balaban J connectivity index is 1.73. The first-order valence-electron chi connectivity index (χ1n) is 8.44. The molecule has 0 spiro atoms. The molecule has 1 saturated carbocycles. The van der Waals surface area contributed by atoms with Gasteiger partial charge in [-0.1, -0.05) is 11.6 Å². The Hall–Kier alpha value is -1.33. The second-order valence-electron chi connectivity index (χ2n) is 7.81. The van der Waals surface area contributed by atoms with E-state index in [-0.39, 0.29) is 24.2 Å². The van der Waals surface area contributed by atoms with Crippen LogP contribution in [0.1, 0.15) is 56.5 Å². The molecule has 0 atom stereocenters. The van der Waals surface area contributed by atoms with Crippen LogP contribution in [-0.4, -0.2) is 30.8 Å². The molecule has 2 fully saturated rings. The number of benzene rings is 1. The van der Waals surface area contributed by atoms with Crippen LogP contribution in [0.25, 0.3) is 0 Å². The zero-order valence-electron chi connectivity index (χ0n) is 14.7. The van der Waals surface area contributed by atoms with Crippen molar-refractivity contribution in [3.8, 4) is 0 Å². The van der Waals surface area contributed by atoms with Crippen molar-refractivity contribution in [2.45, 2.75) is 58.7 Å². The van der Waals surface area contributed by atoms with Crippen molar-refractivity contribution in [1.29, 1.82) is 0 Å². The summed E-state index contributed by atoms with van der Waals surface area (Å²) >= 11 is 0. The largest absolute Gasteiger partial charge is 0.495 e. The lowest BCUT2D eigenvalue weighted by Gasteiger charge is -2.32. The summed E-state index contributed by atoms with van der Waals surface area (Å²) in [5.41, 5.74) is 1.99. The van der Waals surface area contributed by atoms with Crippen molar-refractivity contribution in [2.24, 2.45) is 5.92 Å². The van der Waals surface area contributed by atoms with Gasteiger partial charge in [0.1, 0.15) is 0 Å². The van der Waals surface area contributed by atoms with Gasteiger partial charge in [-0.05, 0) is 71.0 Å².